The zero-order valence-electron chi connectivity index (χ0n) is 10.2. The van der Waals surface area contributed by atoms with Gasteiger partial charge < -0.3 is 10.3 Å². The van der Waals surface area contributed by atoms with Gasteiger partial charge in [0.2, 0.25) is 5.89 Å². The van der Waals surface area contributed by atoms with E-state index in [9.17, 15) is 4.39 Å². The van der Waals surface area contributed by atoms with Crippen LogP contribution in [0, 0.1) is 0 Å². The fourth-order valence-corrected chi connectivity index (χ4v) is 1.45. The molecule has 0 radical (unpaired) electrons. The highest BCUT2D eigenvalue weighted by Crippen LogP contribution is 2.25. The van der Waals surface area contributed by atoms with E-state index in [2.05, 4.69) is 17.1 Å². The van der Waals surface area contributed by atoms with Crippen molar-refractivity contribution < 1.29 is 8.91 Å². The van der Waals surface area contributed by atoms with Crippen molar-refractivity contribution in [1.82, 2.24) is 10.1 Å². The second kappa shape index (κ2) is 5.39. The van der Waals surface area contributed by atoms with Crippen LogP contribution in [0.2, 0.25) is 0 Å². The molecule has 0 aliphatic heterocycles. The number of alkyl halides is 1. The summed E-state index contributed by atoms with van der Waals surface area (Å²) in [6.07, 6.45) is 1.73. The van der Waals surface area contributed by atoms with Crippen LogP contribution in [0.4, 0.5) is 4.39 Å². The zero-order valence-corrected chi connectivity index (χ0v) is 10.2. The quantitative estimate of drug-likeness (QED) is 0.811. The zero-order chi connectivity index (χ0) is 12.2. The first-order valence-corrected chi connectivity index (χ1v) is 5.65. The summed E-state index contributed by atoms with van der Waals surface area (Å²) in [5.74, 6) is 1.21. The van der Waals surface area contributed by atoms with E-state index in [0.29, 0.717) is 18.3 Å². The number of hydrogen-bond acceptors (Lipinski definition) is 4. The maximum Gasteiger partial charge on any atom is 0.234 e. The summed E-state index contributed by atoms with van der Waals surface area (Å²) in [6, 6.07) is 0. The molecule has 1 aromatic heterocycles. The minimum Gasteiger partial charge on any atom is -0.339 e. The highest BCUT2D eigenvalue weighted by molar-refractivity contribution is 5.03. The molecule has 92 valence electrons. The Morgan fingerprint density at radius 3 is 2.69 bits per heavy atom. The van der Waals surface area contributed by atoms with Crippen LogP contribution < -0.4 is 5.73 Å². The molecule has 0 fully saturated rings. The van der Waals surface area contributed by atoms with Crippen LogP contribution in [0.5, 0.6) is 0 Å². The third-order valence-electron chi connectivity index (χ3n) is 2.73. The maximum atomic E-state index is 12.7. The lowest BCUT2D eigenvalue weighted by Crippen LogP contribution is -2.20. The summed E-state index contributed by atoms with van der Waals surface area (Å²) in [7, 11) is 0. The van der Waals surface area contributed by atoms with Crippen molar-refractivity contribution in [2.45, 2.75) is 44.9 Å². The molecular weight excluding hydrogens is 209 g/mol. The Kier molecular flexibility index (Phi) is 4.41. The molecule has 1 unspecified atom stereocenters. The molecule has 2 N–H and O–H groups in total. The number of rotatable bonds is 6. The lowest BCUT2D eigenvalue weighted by Gasteiger charge is -2.13. The van der Waals surface area contributed by atoms with Gasteiger partial charge in [-0.1, -0.05) is 12.1 Å². The van der Waals surface area contributed by atoms with Gasteiger partial charge >= 0.3 is 0 Å². The van der Waals surface area contributed by atoms with Gasteiger partial charge in [-0.3, -0.25) is 0 Å². The van der Waals surface area contributed by atoms with Gasteiger partial charge in [-0.25, -0.2) is 4.39 Å². The molecule has 4 nitrogen and oxygen atoms in total. The molecule has 16 heavy (non-hydrogen) atoms. The van der Waals surface area contributed by atoms with E-state index in [1.54, 1.807) is 13.8 Å². The minimum atomic E-state index is -0.702. The molecule has 0 spiro atoms. The van der Waals surface area contributed by atoms with E-state index in [4.69, 9.17) is 10.3 Å². The number of nitrogens with two attached hydrogens (primary N) is 1. The van der Waals surface area contributed by atoms with Crippen molar-refractivity contribution in [3.63, 3.8) is 0 Å². The second-order valence-electron chi connectivity index (χ2n) is 4.66. The fourth-order valence-electron chi connectivity index (χ4n) is 1.45. The Balaban J connectivity index is 2.85. The molecule has 1 aromatic rings. The maximum absolute atomic E-state index is 12.7. The van der Waals surface area contributed by atoms with E-state index < -0.39 is 12.1 Å². The average molecular weight is 229 g/mol. The Morgan fingerprint density at radius 1 is 1.50 bits per heavy atom. The molecule has 5 heteroatoms. The summed E-state index contributed by atoms with van der Waals surface area (Å²) >= 11 is 0. The number of aromatic nitrogens is 2. The van der Waals surface area contributed by atoms with Crippen LogP contribution in [0.15, 0.2) is 4.52 Å². The molecule has 0 aromatic carbocycles. The fraction of sp³-hybridized carbons (Fsp3) is 0.818. The smallest absolute Gasteiger partial charge is 0.234 e. The topological polar surface area (TPSA) is 64.9 Å². The molecule has 0 amide bonds. The summed E-state index contributed by atoms with van der Waals surface area (Å²) in [5, 5.41) is 3.91. The van der Waals surface area contributed by atoms with E-state index in [0.717, 1.165) is 12.8 Å². The van der Waals surface area contributed by atoms with Gasteiger partial charge in [0.25, 0.3) is 0 Å². The number of halogens is 1. The predicted octanol–water partition coefficient (Wildman–Crippen LogP) is 2.16. The molecule has 0 saturated carbocycles. The van der Waals surface area contributed by atoms with Crippen molar-refractivity contribution in [1.29, 1.82) is 0 Å². The molecule has 1 atom stereocenters. The molecule has 0 aliphatic rings. The molecule has 0 bridgehead atoms. The Morgan fingerprint density at radius 2 is 2.19 bits per heavy atom. The van der Waals surface area contributed by atoms with Crippen molar-refractivity contribution in [3.05, 3.63) is 11.7 Å². The normalized spacial score (nSPS) is 14.1. The number of nitrogens with zero attached hydrogens (tertiary/aromatic N) is 2. The number of hydrogen-bond donors (Lipinski definition) is 1. The molecule has 1 heterocycles. The first-order chi connectivity index (χ1) is 7.55. The second-order valence-corrected chi connectivity index (χ2v) is 4.66. The monoisotopic (exact) mass is 229 g/mol. The molecule has 0 saturated heterocycles. The third kappa shape index (κ3) is 2.78. The van der Waals surface area contributed by atoms with Gasteiger partial charge in [0.05, 0.1) is 5.41 Å². The van der Waals surface area contributed by atoms with Crippen molar-refractivity contribution in [2.24, 2.45) is 5.73 Å². The van der Waals surface area contributed by atoms with Gasteiger partial charge in [0.1, 0.15) is 6.67 Å². The van der Waals surface area contributed by atoms with Crippen molar-refractivity contribution >= 4 is 0 Å². The Bertz CT molecular complexity index is 325. The largest absolute Gasteiger partial charge is 0.339 e. The Hall–Kier alpha value is -0.970. The van der Waals surface area contributed by atoms with Crippen molar-refractivity contribution in [3.8, 4) is 0 Å². The summed E-state index contributed by atoms with van der Waals surface area (Å²) in [5.41, 5.74) is 4.81. The third-order valence-corrected chi connectivity index (χ3v) is 2.73. The van der Waals surface area contributed by atoms with Crippen LogP contribution >= 0.6 is 0 Å². The first-order valence-electron chi connectivity index (χ1n) is 5.65. The predicted molar refractivity (Wildman–Crippen MR) is 60.0 cm³/mol. The summed E-state index contributed by atoms with van der Waals surface area (Å²) in [4.78, 5) is 4.27. The van der Waals surface area contributed by atoms with Crippen molar-refractivity contribution in [2.75, 3.05) is 13.2 Å². The van der Waals surface area contributed by atoms with E-state index in [1.807, 2.05) is 0 Å². The van der Waals surface area contributed by atoms with E-state index in [-0.39, 0.29) is 5.92 Å². The highest BCUT2D eigenvalue weighted by atomic mass is 19.1. The van der Waals surface area contributed by atoms with Crippen LogP contribution in [0.25, 0.3) is 0 Å². The molecular formula is C11H20FN3O. The van der Waals surface area contributed by atoms with Crippen LogP contribution in [-0.4, -0.2) is 23.4 Å². The van der Waals surface area contributed by atoms with Crippen LogP contribution in [0.3, 0.4) is 0 Å². The SMILES string of the molecule is CCC(CCN)c1noc(C(C)(C)CF)n1. The molecule has 1 rings (SSSR count). The highest BCUT2D eigenvalue weighted by Gasteiger charge is 2.28. The van der Waals surface area contributed by atoms with Crippen LogP contribution in [-0.2, 0) is 5.41 Å². The average Bonchev–Trinajstić information content (AvgIpc) is 2.75. The van der Waals surface area contributed by atoms with Crippen LogP contribution in [0.1, 0.15) is 51.2 Å². The standard InChI is InChI=1S/C11H20FN3O/c1-4-8(5-6-13)9-14-10(16-15-9)11(2,3)7-12/h8H,4-7,13H2,1-3H3. The van der Waals surface area contributed by atoms with E-state index in [1.165, 1.54) is 0 Å². The molecule has 0 aliphatic carbocycles. The Labute approximate surface area is 95.4 Å². The minimum absolute atomic E-state index is 0.206. The van der Waals surface area contributed by atoms with E-state index >= 15 is 0 Å². The van der Waals surface area contributed by atoms with Gasteiger partial charge in [-0.2, -0.15) is 4.98 Å². The first kappa shape index (κ1) is 13.1. The summed E-state index contributed by atoms with van der Waals surface area (Å²) < 4.78 is 17.9. The summed E-state index contributed by atoms with van der Waals surface area (Å²) in [6.45, 7) is 5.62. The van der Waals surface area contributed by atoms with Gasteiger partial charge in [0, 0.05) is 5.92 Å². The lowest BCUT2D eigenvalue weighted by atomic mass is 9.95. The van der Waals surface area contributed by atoms with Gasteiger partial charge in [0.15, 0.2) is 5.82 Å². The van der Waals surface area contributed by atoms with Gasteiger partial charge in [-0.05, 0) is 33.2 Å². The van der Waals surface area contributed by atoms with Gasteiger partial charge in [-0.15, -0.1) is 0 Å². The lowest BCUT2D eigenvalue weighted by molar-refractivity contribution is 0.257.